The average molecular weight is 401 g/mol. The number of benzene rings is 2. The lowest BCUT2D eigenvalue weighted by Crippen LogP contribution is -2.43. The minimum atomic E-state index is 0.567. The quantitative estimate of drug-likeness (QED) is 0.689. The summed E-state index contributed by atoms with van der Waals surface area (Å²) in [6.07, 6.45) is 6.57. The third kappa shape index (κ3) is 4.00. The molecule has 154 valence electrons. The van der Waals surface area contributed by atoms with Gasteiger partial charge in [0, 0.05) is 44.8 Å². The number of hydrogen-bond donors (Lipinski definition) is 1. The van der Waals surface area contributed by atoms with Gasteiger partial charge in [0.05, 0.1) is 0 Å². The SMILES string of the molecule is Cn1nnnc1CCNC1CCN(c2cccc(C3=Cc4ccccc4C3)c2)CC1. The third-order valence-corrected chi connectivity index (χ3v) is 6.33. The Morgan fingerprint density at radius 2 is 1.93 bits per heavy atom. The molecular weight excluding hydrogens is 372 g/mol. The molecule has 0 radical (unpaired) electrons. The maximum absolute atomic E-state index is 4.05. The Morgan fingerprint density at radius 3 is 2.73 bits per heavy atom. The van der Waals surface area contributed by atoms with Crippen molar-refractivity contribution in [2.24, 2.45) is 7.05 Å². The predicted octanol–water partition coefficient (Wildman–Crippen LogP) is 3.11. The Bertz CT molecular complexity index is 1050. The van der Waals surface area contributed by atoms with E-state index in [1.165, 1.54) is 28.0 Å². The maximum atomic E-state index is 4.05. The van der Waals surface area contributed by atoms with Gasteiger partial charge in [-0.05, 0) is 64.1 Å². The molecule has 2 aromatic carbocycles. The molecule has 0 amide bonds. The van der Waals surface area contributed by atoms with Gasteiger partial charge in [0.25, 0.3) is 0 Å². The number of rotatable bonds is 6. The molecular formula is C24H28N6. The van der Waals surface area contributed by atoms with Crippen molar-refractivity contribution in [2.75, 3.05) is 24.5 Å². The van der Waals surface area contributed by atoms with Gasteiger partial charge >= 0.3 is 0 Å². The molecule has 0 unspecified atom stereocenters. The van der Waals surface area contributed by atoms with E-state index in [0.717, 1.165) is 51.1 Å². The van der Waals surface area contributed by atoms with Gasteiger partial charge in [-0.3, -0.25) is 0 Å². The smallest absolute Gasteiger partial charge is 0.152 e. The number of hydrogen-bond acceptors (Lipinski definition) is 5. The van der Waals surface area contributed by atoms with Crippen LogP contribution in [0.1, 0.15) is 35.4 Å². The monoisotopic (exact) mass is 400 g/mol. The summed E-state index contributed by atoms with van der Waals surface area (Å²) in [6, 6.07) is 18.3. The number of nitrogens with zero attached hydrogens (tertiary/aromatic N) is 5. The number of aryl methyl sites for hydroxylation is 1. The first-order valence-corrected chi connectivity index (χ1v) is 10.8. The fraction of sp³-hybridized carbons (Fsp3) is 0.375. The molecule has 5 rings (SSSR count). The molecule has 2 aliphatic rings. The number of aromatic nitrogens is 4. The number of allylic oxidation sites excluding steroid dienone is 1. The van der Waals surface area contributed by atoms with Gasteiger partial charge in [0.15, 0.2) is 5.82 Å². The molecule has 0 bridgehead atoms. The second-order valence-electron chi connectivity index (χ2n) is 8.28. The van der Waals surface area contributed by atoms with Crippen LogP contribution in [-0.2, 0) is 19.9 Å². The van der Waals surface area contributed by atoms with E-state index in [-0.39, 0.29) is 0 Å². The largest absolute Gasteiger partial charge is 0.371 e. The number of fused-ring (bicyclic) bond motifs is 1. The molecule has 30 heavy (non-hydrogen) atoms. The first kappa shape index (κ1) is 19.0. The Labute approximate surface area is 177 Å². The third-order valence-electron chi connectivity index (χ3n) is 6.33. The van der Waals surface area contributed by atoms with Crippen molar-refractivity contribution >= 4 is 17.3 Å². The van der Waals surface area contributed by atoms with Gasteiger partial charge in [-0.2, -0.15) is 0 Å². The minimum Gasteiger partial charge on any atom is -0.371 e. The fourth-order valence-corrected chi connectivity index (χ4v) is 4.56. The Kier molecular flexibility index (Phi) is 5.32. The van der Waals surface area contributed by atoms with Crippen LogP contribution in [0.3, 0.4) is 0 Å². The molecule has 6 heteroatoms. The van der Waals surface area contributed by atoms with Crippen molar-refractivity contribution < 1.29 is 0 Å². The highest BCUT2D eigenvalue weighted by molar-refractivity contribution is 5.89. The van der Waals surface area contributed by atoms with Gasteiger partial charge in [-0.25, -0.2) is 4.68 Å². The molecule has 1 aliphatic carbocycles. The molecule has 0 spiro atoms. The maximum Gasteiger partial charge on any atom is 0.152 e. The van der Waals surface area contributed by atoms with Crippen molar-refractivity contribution in [1.82, 2.24) is 25.5 Å². The molecule has 1 aliphatic heterocycles. The van der Waals surface area contributed by atoms with Crippen LogP contribution in [0.2, 0.25) is 0 Å². The van der Waals surface area contributed by atoms with Crippen molar-refractivity contribution in [2.45, 2.75) is 31.7 Å². The summed E-state index contributed by atoms with van der Waals surface area (Å²) < 4.78 is 1.75. The Morgan fingerprint density at radius 1 is 1.07 bits per heavy atom. The first-order chi connectivity index (χ1) is 14.8. The van der Waals surface area contributed by atoms with Crippen molar-refractivity contribution in [3.05, 3.63) is 71.0 Å². The van der Waals surface area contributed by atoms with E-state index in [1.54, 1.807) is 4.68 Å². The van der Waals surface area contributed by atoms with Gasteiger partial charge in [0.2, 0.25) is 0 Å². The molecule has 1 saturated heterocycles. The number of anilines is 1. The van der Waals surface area contributed by atoms with Crippen LogP contribution in [0.4, 0.5) is 5.69 Å². The van der Waals surface area contributed by atoms with Crippen LogP contribution in [0, 0.1) is 0 Å². The first-order valence-electron chi connectivity index (χ1n) is 10.8. The highest BCUT2D eigenvalue weighted by Crippen LogP contribution is 2.33. The summed E-state index contributed by atoms with van der Waals surface area (Å²) >= 11 is 0. The zero-order valence-corrected chi connectivity index (χ0v) is 17.5. The summed E-state index contributed by atoms with van der Waals surface area (Å²) in [7, 11) is 1.89. The fourth-order valence-electron chi connectivity index (χ4n) is 4.56. The standard InChI is InChI=1S/C24H28N6/c1-29-24(26-27-28-29)9-12-25-22-10-13-30(14-11-22)23-8-4-7-20(17-23)21-15-18-5-2-3-6-19(18)16-21/h2-8,15,17,22,25H,9-14,16H2,1H3. The predicted molar refractivity (Wildman–Crippen MR) is 120 cm³/mol. The highest BCUT2D eigenvalue weighted by Gasteiger charge is 2.20. The summed E-state index contributed by atoms with van der Waals surface area (Å²) in [4.78, 5) is 2.52. The van der Waals surface area contributed by atoms with Crippen LogP contribution in [0.5, 0.6) is 0 Å². The van der Waals surface area contributed by atoms with Gasteiger partial charge in [-0.1, -0.05) is 42.5 Å². The van der Waals surface area contributed by atoms with E-state index in [0.29, 0.717) is 6.04 Å². The molecule has 0 atom stereocenters. The second kappa shape index (κ2) is 8.40. The van der Waals surface area contributed by atoms with E-state index in [4.69, 9.17) is 0 Å². The van der Waals surface area contributed by atoms with Crippen LogP contribution in [0.15, 0.2) is 48.5 Å². The lowest BCUT2D eigenvalue weighted by molar-refractivity contribution is 0.415. The van der Waals surface area contributed by atoms with Gasteiger partial charge < -0.3 is 10.2 Å². The van der Waals surface area contributed by atoms with Gasteiger partial charge in [-0.15, -0.1) is 5.10 Å². The van der Waals surface area contributed by atoms with Crippen LogP contribution in [-0.4, -0.2) is 45.9 Å². The second-order valence-corrected chi connectivity index (χ2v) is 8.28. The van der Waals surface area contributed by atoms with E-state index < -0.39 is 0 Å². The van der Waals surface area contributed by atoms with E-state index >= 15 is 0 Å². The summed E-state index contributed by atoms with van der Waals surface area (Å²) in [5, 5.41) is 15.3. The van der Waals surface area contributed by atoms with Gasteiger partial charge in [0.1, 0.15) is 0 Å². The van der Waals surface area contributed by atoms with Crippen molar-refractivity contribution in [1.29, 1.82) is 0 Å². The van der Waals surface area contributed by atoms with E-state index in [2.05, 4.69) is 80.3 Å². The zero-order chi connectivity index (χ0) is 20.3. The van der Waals surface area contributed by atoms with E-state index in [1.807, 2.05) is 7.05 Å². The van der Waals surface area contributed by atoms with Crippen LogP contribution >= 0.6 is 0 Å². The van der Waals surface area contributed by atoms with E-state index in [9.17, 15) is 0 Å². The molecule has 1 aromatic heterocycles. The minimum absolute atomic E-state index is 0.567. The number of nitrogens with one attached hydrogen (secondary N) is 1. The average Bonchev–Trinajstić information content (AvgIpc) is 3.40. The molecule has 3 aromatic rings. The van der Waals surface area contributed by atoms with Crippen molar-refractivity contribution in [3.63, 3.8) is 0 Å². The highest BCUT2D eigenvalue weighted by atomic mass is 15.5. The lowest BCUT2D eigenvalue weighted by atomic mass is 10.0. The lowest BCUT2D eigenvalue weighted by Gasteiger charge is -2.34. The summed E-state index contributed by atoms with van der Waals surface area (Å²) in [5.74, 6) is 0.931. The zero-order valence-electron chi connectivity index (χ0n) is 17.5. The number of piperidine rings is 1. The molecule has 2 heterocycles. The molecule has 1 fully saturated rings. The topological polar surface area (TPSA) is 58.9 Å². The van der Waals surface area contributed by atoms with Crippen LogP contribution < -0.4 is 10.2 Å². The Hall–Kier alpha value is -2.99. The summed E-state index contributed by atoms with van der Waals surface area (Å²) in [5.41, 5.74) is 6.91. The van der Waals surface area contributed by atoms with Crippen LogP contribution in [0.25, 0.3) is 11.6 Å². The normalized spacial score (nSPS) is 16.6. The summed E-state index contributed by atoms with van der Waals surface area (Å²) in [6.45, 7) is 3.10. The molecule has 0 saturated carbocycles. The van der Waals surface area contributed by atoms with Crippen molar-refractivity contribution in [3.8, 4) is 0 Å². The number of tetrazole rings is 1. The Balaban J connectivity index is 1.16. The molecule has 1 N–H and O–H groups in total. The molecule has 6 nitrogen and oxygen atoms in total.